The summed E-state index contributed by atoms with van der Waals surface area (Å²) in [6.07, 6.45) is 3.35. The Kier molecular flexibility index (Phi) is 4.25. The number of nitrogens with one attached hydrogen (secondary N) is 2. The molecule has 18 heavy (non-hydrogen) atoms. The fourth-order valence-corrected chi connectivity index (χ4v) is 2.30. The topological polar surface area (TPSA) is 58.2 Å². The standard InChI is InChI=1S/C13H16N2O2S/c1-18-11-5-2-9(3-6-11)13(17)14-8-10-4-7-12(16)15-10/h2-3,5-6,10H,4,7-8H2,1H3,(H,14,17)(H,15,16)/t10-/m1/s1. The molecule has 1 aromatic carbocycles. The molecule has 5 heteroatoms. The van der Waals surface area contributed by atoms with Crippen molar-refractivity contribution in [2.75, 3.05) is 12.8 Å². The van der Waals surface area contributed by atoms with Crippen molar-refractivity contribution < 1.29 is 9.59 Å². The van der Waals surface area contributed by atoms with E-state index in [-0.39, 0.29) is 17.9 Å². The van der Waals surface area contributed by atoms with Crippen molar-refractivity contribution in [3.05, 3.63) is 29.8 Å². The highest BCUT2D eigenvalue weighted by atomic mass is 32.2. The number of amides is 2. The predicted molar refractivity (Wildman–Crippen MR) is 71.7 cm³/mol. The van der Waals surface area contributed by atoms with Gasteiger partial charge in [-0.1, -0.05) is 0 Å². The van der Waals surface area contributed by atoms with Crippen LogP contribution in [0, 0.1) is 0 Å². The fourth-order valence-electron chi connectivity index (χ4n) is 1.89. The van der Waals surface area contributed by atoms with Crippen molar-refractivity contribution in [2.24, 2.45) is 0 Å². The highest BCUT2D eigenvalue weighted by Crippen LogP contribution is 2.14. The van der Waals surface area contributed by atoms with Gasteiger partial charge in [-0.3, -0.25) is 9.59 Å². The summed E-state index contributed by atoms with van der Waals surface area (Å²) in [6, 6.07) is 7.56. The molecule has 0 saturated carbocycles. The SMILES string of the molecule is CSc1ccc(C(=O)NC[C@H]2CCC(=O)N2)cc1. The second-order valence-corrected chi connectivity index (χ2v) is 5.12. The van der Waals surface area contributed by atoms with E-state index in [0.717, 1.165) is 11.3 Å². The molecule has 2 amide bonds. The van der Waals surface area contributed by atoms with Gasteiger partial charge in [0.05, 0.1) is 0 Å². The Labute approximate surface area is 111 Å². The Morgan fingerprint density at radius 1 is 1.44 bits per heavy atom. The van der Waals surface area contributed by atoms with Crippen LogP contribution in [0.25, 0.3) is 0 Å². The Balaban J connectivity index is 1.85. The molecule has 0 spiro atoms. The minimum Gasteiger partial charge on any atom is -0.352 e. The molecule has 0 aliphatic carbocycles. The maximum atomic E-state index is 11.9. The molecule has 1 aliphatic rings. The highest BCUT2D eigenvalue weighted by molar-refractivity contribution is 7.98. The van der Waals surface area contributed by atoms with Crippen LogP contribution in [0.15, 0.2) is 29.2 Å². The largest absolute Gasteiger partial charge is 0.352 e. The summed E-state index contributed by atoms with van der Waals surface area (Å²) in [5.41, 5.74) is 0.650. The van der Waals surface area contributed by atoms with E-state index in [0.29, 0.717) is 18.5 Å². The zero-order valence-corrected chi connectivity index (χ0v) is 11.0. The van der Waals surface area contributed by atoms with Gasteiger partial charge >= 0.3 is 0 Å². The van der Waals surface area contributed by atoms with Gasteiger partial charge in [-0.15, -0.1) is 11.8 Å². The van der Waals surface area contributed by atoms with E-state index in [1.807, 2.05) is 30.5 Å². The molecule has 1 aliphatic heterocycles. The summed E-state index contributed by atoms with van der Waals surface area (Å²) in [5, 5.41) is 5.66. The van der Waals surface area contributed by atoms with Gasteiger partial charge in [0.1, 0.15) is 0 Å². The van der Waals surface area contributed by atoms with Crippen LogP contribution in [0.5, 0.6) is 0 Å². The normalized spacial score (nSPS) is 18.5. The minimum atomic E-state index is -0.0937. The lowest BCUT2D eigenvalue weighted by atomic mass is 10.2. The molecule has 2 N–H and O–H groups in total. The van der Waals surface area contributed by atoms with E-state index in [1.54, 1.807) is 11.8 Å². The van der Waals surface area contributed by atoms with Gasteiger partial charge in [0.2, 0.25) is 5.91 Å². The van der Waals surface area contributed by atoms with Gasteiger partial charge in [0, 0.05) is 29.5 Å². The van der Waals surface area contributed by atoms with E-state index < -0.39 is 0 Å². The molecule has 1 atom stereocenters. The quantitative estimate of drug-likeness (QED) is 0.809. The van der Waals surface area contributed by atoms with Crippen molar-refractivity contribution in [1.82, 2.24) is 10.6 Å². The molecule has 1 aromatic rings. The first kappa shape index (κ1) is 13.0. The van der Waals surface area contributed by atoms with E-state index in [1.165, 1.54) is 0 Å². The zero-order chi connectivity index (χ0) is 13.0. The average Bonchev–Trinajstić information content (AvgIpc) is 2.82. The van der Waals surface area contributed by atoms with Gasteiger partial charge in [-0.05, 0) is 36.9 Å². The van der Waals surface area contributed by atoms with E-state index in [9.17, 15) is 9.59 Å². The molecule has 4 nitrogen and oxygen atoms in total. The van der Waals surface area contributed by atoms with Crippen LogP contribution in [-0.2, 0) is 4.79 Å². The van der Waals surface area contributed by atoms with Crippen LogP contribution in [0.4, 0.5) is 0 Å². The molecule has 0 unspecified atom stereocenters. The van der Waals surface area contributed by atoms with Crippen LogP contribution in [-0.4, -0.2) is 30.7 Å². The van der Waals surface area contributed by atoms with E-state index in [4.69, 9.17) is 0 Å². The number of rotatable bonds is 4. The summed E-state index contributed by atoms with van der Waals surface area (Å²) in [7, 11) is 0. The van der Waals surface area contributed by atoms with E-state index in [2.05, 4.69) is 10.6 Å². The van der Waals surface area contributed by atoms with Gasteiger partial charge in [-0.25, -0.2) is 0 Å². The van der Waals surface area contributed by atoms with Crippen molar-refractivity contribution in [1.29, 1.82) is 0 Å². The summed E-state index contributed by atoms with van der Waals surface area (Å²) < 4.78 is 0. The summed E-state index contributed by atoms with van der Waals surface area (Å²) >= 11 is 1.64. The van der Waals surface area contributed by atoms with Crippen LogP contribution < -0.4 is 10.6 Å². The van der Waals surface area contributed by atoms with Crippen molar-refractivity contribution in [3.63, 3.8) is 0 Å². The molecular weight excluding hydrogens is 248 g/mol. The third-order valence-electron chi connectivity index (χ3n) is 2.95. The molecule has 2 rings (SSSR count). The zero-order valence-electron chi connectivity index (χ0n) is 10.2. The lowest BCUT2D eigenvalue weighted by Crippen LogP contribution is -2.38. The second kappa shape index (κ2) is 5.91. The van der Waals surface area contributed by atoms with Crippen LogP contribution in [0.2, 0.25) is 0 Å². The third-order valence-corrected chi connectivity index (χ3v) is 3.69. The van der Waals surface area contributed by atoms with Crippen molar-refractivity contribution in [2.45, 2.75) is 23.8 Å². The maximum Gasteiger partial charge on any atom is 0.251 e. The number of hydrogen-bond donors (Lipinski definition) is 2. The Morgan fingerprint density at radius 2 is 2.17 bits per heavy atom. The predicted octanol–water partition coefficient (Wildman–Crippen LogP) is 1.42. The maximum absolute atomic E-state index is 11.9. The molecule has 1 saturated heterocycles. The number of thioether (sulfide) groups is 1. The monoisotopic (exact) mass is 264 g/mol. The lowest BCUT2D eigenvalue weighted by Gasteiger charge is -2.11. The van der Waals surface area contributed by atoms with E-state index >= 15 is 0 Å². The first-order chi connectivity index (χ1) is 8.69. The average molecular weight is 264 g/mol. The van der Waals surface area contributed by atoms with Gasteiger partial charge in [-0.2, -0.15) is 0 Å². The molecule has 1 fully saturated rings. The molecule has 1 heterocycles. The first-order valence-corrected chi connectivity index (χ1v) is 7.13. The molecule has 96 valence electrons. The number of hydrogen-bond acceptors (Lipinski definition) is 3. The lowest BCUT2D eigenvalue weighted by molar-refractivity contribution is -0.119. The smallest absolute Gasteiger partial charge is 0.251 e. The van der Waals surface area contributed by atoms with Crippen molar-refractivity contribution >= 4 is 23.6 Å². The summed E-state index contributed by atoms with van der Waals surface area (Å²) in [5.74, 6) is -0.0256. The van der Waals surface area contributed by atoms with Crippen LogP contribution in [0.3, 0.4) is 0 Å². The number of benzene rings is 1. The summed E-state index contributed by atoms with van der Waals surface area (Å²) in [6.45, 7) is 0.495. The number of carbonyl (C=O) groups is 2. The van der Waals surface area contributed by atoms with Gasteiger partial charge in [0.15, 0.2) is 0 Å². The van der Waals surface area contributed by atoms with Crippen molar-refractivity contribution in [3.8, 4) is 0 Å². The highest BCUT2D eigenvalue weighted by Gasteiger charge is 2.20. The molecule has 0 radical (unpaired) electrons. The second-order valence-electron chi connectivity index (χ2n) is 4.24. The third kappa shape index (κ3) is 3.26. The van der Waals surface area contributed by atoms with Crippen LogP contribution >= 0.6 is 11.8 Å². The van der Waals surface area contributed by atoms with Gasteiger partial charge < -0.3 is 10.6 Å². The van der Waals surface area contributed by atoms with Gasteiger partial charge in [0.25, 0.3) is 5.91 Å². The Bertz CT molecular complexity index is 445. The molecule has 0 bridgehead atoms. The number of carbonyl (C=O) groups excluding carboxylic acids is 2. The minimum absolute atomic E-state index is 0.0681. The molecule has 0 aromatic heterocycles. The summed E-state index contributed by atoms with van der Waals surface area (Å²) in [4.78, 5) is 24.0. The van der Waals surface area contributed by atoms with Crippen LogP contribution in [0.1, 0.15) is 23.2 Å². The first-order valence-electron chi connectivity index (χ1n) is 5.90. The Hall–Kier alpha value is -1.49. The fraction of sp³-hybridized carbons (Fsp3) is 0.385. The molecular formula is C13H16N2O2S. The Morgan fingerprint density at radius 3 is 2.72 bits per heavy atom.